The molecule has 2 N–H and O–H groups in total. The van der Waals surface area contributed by atoms with Crippen molar-refractivity contribution < 1.29 is 0 Å². The zero-order valence-electron chi connectivity index (χ0n) is 11.0. The first kappa shape index (κ1) is 11.9. The van der Waals surface area contributed by atoms with Crippen molar-refractivity contribution in [2.24, 2.45) is 11.7 Å². The number of hydrogen-bond donors (Lipinski definition) is 1. The second kappa shape index (κ2) is 5.25. The van der Waals surface area contributed by atoms with Crippen LogP contribution in [0.25, 0.3) is 0 Å². The molecule has 0 radical (unpaired) electrons. The third kappa shape index (κ3) is 3.01. The lowest BCUT2D eigenvalue weighted by Gasteiger charge is -2.36. The Hall–Kier alpha value is -0.120. The van der Waals surface area contributed by atoms with Crippen LogP contribution in [0, 0.1) is 5.92 Å². The molecule has 0 aromatic heterocycles. The summed E-state index contributed by atoms with van der Waals surface area (Å²) in [7, 11) is 0. The first-order chi connectivity index (χ1) is 8.33. The Morgan fingerprint density at radius 3 is 2.18 bits per heavy atom. The van der Waals surface area contributed by atoms with Crippen LogP contribution in [0.5, 0.6) is 0 Å². The Morgan fingerprint density at radius 2 is 1.59 bits per heavy atom. The second-order valence-electron chi connectivity index (χ2n) is 6.28. The molecule has 0 spiro atoms. The first-order valence-electron chi connectivity index (χ1n) is 7.55. The highest BCUT2D eigenvalue weighted by molar-refractivity contribution is 4.89. The van der Waals surface area contributed by atoms with Crippen LogP contribution in [0.1, 0.15) is 38.5 Å². The fourth-order valence-electron chi connectivity index (χ4n) is 3.58. The molecule has 1 heterocycles. The fourth-order valence-corrected chi connectivity index (χ4v) is 3.58. The maximum Gasteiger partial charge on any atom is 0.0196 e. The standard InChI is InChI=1S/C14H27N3/c15-14(12-3-1-2-4-12)11-16-7-9-17(10-8-16)13-5-6-13/h12-14H,1-11,15H2. The van der Waals surface area contributed by atoms with Crippen LogP contribution in [0.4, 0.5) is 0 Å². The summed E-state index contributed by atoms with van der Waals surface area (Å²) in [5, 5.41) is 0. The van der Waals surface area contributed by atoms with Crippen molar-refractivity contribution in [1.29, 1.82) is 0 Å². The largest absolute Gasteiger partial charge is 0.326 e. The molecule has 17 heavy (non-hydrogen) atoms. The van der Waals surface area contributed by atoms with Gasteiger partial charge in [0.2, 0.25) is 0 Å². The van der Waals surface area contributed by atoms with Gasteiger partial charge in [-0.1, -0.05) is 12.8 Å². The molecule has 1 aliphatic heterocycles. The van der Waals surface area contributed by atoms with Gasteiger partial charge < -0.3 is 5.73 Å². The van der Waals surface area contributed by atoms with Gasteiger partial charge in [0.1, 0.15) is 0 Å². The summed E-state index contributed by atoms with van der Waals surface area (Å²) >= 11 is 0. The van der Waals surface area contributed by atoms with E-state index in [1.165, 1.54) is 64.7 Å². The minimum atomic E-state index is 0.435. The van der Waals surface area contributed by atoms with E-state index in [1.54, 1.807) is 0 Å². The summed E-state index contributed by atoms with van der Waals surface area (Å²) in [4.78, 5) is 5.28. The van der Waals surface area contributed by atoms with Crippen LogP contribution in [-0.4, -0.2) is 54.6 Å². The van der Waals surface area contributed by atoms with Crippen LogP contribution < -0.4 is 5.73 Å². The van der Waals surface area contributed by atoms with E-state index >= 15 is 0 Å². The fraction of sp³-hybridized carbons (Fsp3) is 1.00. The van der Waals surface area contributed by atoms with Gasteiger partial charge >= 0.3 is 0 Å². The minimum Gasteiger partial charge on any atom is -0.326 e. The predicted molar refractivity (Wildman–Crippen MR) is 71.0 cm³/mol. The molecule has 0 aromatic carbocycles. The van der Waals surface area contributed by atoms with Gasteiger partial charge in [0.25, 0.3) is 0 Å². The van der Waals surface area contributed by atoms with E-state index < -0.39 is 0 Å². The van der Waals surface area contributed by atoms with Gasteiger partial charge in [0, 0.05) is 44.8 Å². The summed E-state index contributed by atoms with van der Waals surface area (Å²) in [5.74, 6) is 0.816. The Kier molecular flexibility index (Phi) is 3.69. The molecule has 3 fully saturated rings. The van der Waals surface area contributed by atoms with Crippen LogP contribution in [0.15, 0.2) is 0 Å². The molecule has 3 aliphatic rings. The molecule has 3 rings (SSSR count). The van der Waals surface area contributed by atoms with Crippen molar-refractivity contribution in [3.63, 3.8) is 0 Å². The van der Waals surface area contributed by atoms with E-state index in [4.69, 9.17) is 5.73 Å². The molecule has 0 amide bonds. The van der Waals surface area contributed by atoms with Crippen LogP contribution in [0.3, 0.4) is 0 Å². The van der Waals surface area contributed by atoms with Crippen molar-refractivity contribution in [3.05, 3.63) is 0 Å². The molecule has 0 bridgehead atoms. The lowest BCUT2D eigenvalue weighted by atomic mass is 9.98. The molecule has 1 saturated heterocycles. The molecule has 1 unspecified atom stereocenters. The zero-order chi connectivity index (χ0) is 11.7. The van der Waals surface area contributed by atoms with Crippen molar-refractivity contribution in [3.8, 4) is 0 Å². The van der Waals surface area contributed by atoms with Gasteiger partial charge in [0.15, 0.2) is 0 Å². The quantitative estimate of drug-likeness (QED) is 0.799. The zero-order valence-corrected chi connectivity index (χ0v) is 11.0. The summed E-state index contributed by atoms with van der Waals surface area (Å²) in [6.45, 7) is 6.20. The average Bonchev–Trinajstić information content (AvgIpc) is 3.05. The highest BCUT2D eigenvalue weighted by atomic mass is 15.3. The number of piperazine rings is 1. The molecular formula is C14H27N3. The topological polar surface area (TPSA) is 32.5 Å². The average molecular weight is 237 g/mol. The highest BCUT2D eigenvalue weighted by Gasteiger charge is 2.32. The Labute approximate surface area is 105 Å². The third-order valence-corrected chi connectivity index (χ3v) is 4.94. The lowest BCUT2D eigenvalue weighted by Crippen LogP contribution is -2.51. The monoisotopic (exact) mass is 237 g/mol. The molecule has 2 saturated carbocycles. The summed E-state index contributed by atoms with van der Waals surface area (Å²) in [6, 6.07) is 1.38. The third-order valence-electron chi connectivity index (χ3n) is 4.94. The highest BCUT2D eigenvalue weighted by Crippen LogP contribution is 2.29. The lowest BCUT2D eigenvalue weighted by molar-refractivity contribution is 0.115. The number of rotatable bonds is 4. The Balaban J connectivity index is 1.40. The van der Waals surface area contributed by atoms with E-state index in [2.05, 4.69) is 9.80 Å². The van der Waals surface area contributed by atoms with E-state index in [-0.39, 0.29) is 0 Å². The Morgan fingerprint density at radius 1 is 0.941 bits per heavy atom. The maximum absolute atomic E-state index is 6.36. The van der Waals surface area contributed by atoms with Gasteiger partial charge in [-0.15, -0.1) is 0 Å². The SMILES string of the molecule is NC(CN1CCN(C2CC2)CC1)C1CCCC1. The normalized spacial score (nSPS) is 30.9. The van der Waals surface area contributed by atoms with Gasteiger partial charge in [-0.3, -0.25) is 9.80 Å². The molecule has 1 atom stereocenters. The summed E-state index contributed by atoms with van der Waals surface area (Å²) in [5.41, 5.74) is 6.36. The summed E-state index contributed by atoms with van der Waals surface area (Å²) in [6.07, 6.45) is 8.47. The molecule has 3 nitrogen and oxygen atoms in total. The molecule has 2 aliphatic carbocycles. The number of nitrogens with two attached hydrogens (primary N) is 1. The van der Waals surface area contributed by atoms with Crippen LogP contribution in [-0.2, 0) is 0 Å². The van der Waals surface area contributed by atoms with E-state index in [0.717, 1.165) is 18.5 Å². The van der Waals surface area contributed by atoms with Gasteiger partial charge in [0.05, 0.1) is 0 Å². The van der Waals surface area contributed by atoms with E-state index in [9.17, 15) is 0 Å². The predicted octanol–water partition coefficient (Wildman–Crippen LogP) is 1.28. The Bertz CT molecular complexity index is 238. The maximum atomic E-state index is 6.36. The van der Waals surface area contributed by atoms with E-state index in [1.807, 2.05) is 0 Å². The molecular weight excluding hydrogens is 210 g/mol. The second-order valence-corrected chi connectivity index (χ2v) is 6.28. The van der Waals surface area contributed by atoms with Crippen molar-refractivity contribution in [2.75, 3.05) is 32.7 Å². The van der Waals surface area contributed by atoms with Crippen molar-refractivity contribution in [2.45, 2.75) is 50.6 Å². The van der Waals surface area contributed by atoms with Crippen LogP contribution in [0.2, 0.25) is 0 Å². The minimum absolute atomic E-state index is 0.435. The molecule has 0 aromatic rings. The van der Waals surface area contributed by atoms with Crippen molar-refractivity contribution >= 4 is 0 Å². The van der Waals surface area contributed by atoms with Gasteiger partial charge in [-0.2, -0.15) is 0 Å². The smallest absolute Gasteiger partial charge is 0.0196 e. The van der Waals surface area contributed by atoms with E-state index in [0.29, 0.717) is 6.04 Å². The van der Waals surface area contributed by atoms with Gasteiger partial charge in [-0.25, -0.2) is 0 Å². The van der Waals surface area contributed by atoms with Crippen molar-refractivity contribution in [1.82, 2.24) is 9.80 Å². The summed E-state index contributed by atoms with van der Waals surface area (Å²) < 4.78 is 0. The number of hydrogen-bond acceptors (Lipinski definition) is 3. The number of nitrogens with zero attached hydrogens (tertiary/aromatic N) is 2. The molecule has 3 heteroatoms. The first-order valence-corrected chi connectivity index (χ1v) is 7.55. The molecule has 98 valence electrons. The van der Waals surface area contributed by atoms with Gasteiger partial charge in [-0.05, 0) is 31.6 Å². The van der Waals surface area contributed by atoms with Crippen LogP contribution >= 0.6 is 0 Å².